The Morgan fingerprint density at radius 3 is 2.52 bits per heavy atom. The standard InChI is InChI=1S/C16H20FN3O3/c1-2-23-16(22)13(14(18)20-9-3-4-10-20)15(21)19-12-7-5-11(17)6-8-12/h5-8,18,22H,2-4,9-10H2,1H3,(H,19,21)/b16-13-,18-14?. The van der Waals surface area contributed by atoms with Crippen LogP contribution in [-0.2, 0) is 9.53 Å². The lowest BCUT2D eigenvalue weighted by atomic mass is 10.2. The fraction of sp³-hybridized carbons (Fsp3) is 0.375. The van der Waals surface area contributed by atoms with Crippen LogP contribution >= 0.6 is 0 Å². The van der Waals surface area contributed by atoms with E-state index in [1.807, 2.05) is 0 Å². The van der Waals surface area contributed by atoms with Crippen molar-refractivity contribution in [2.24, 2.45) is 0 Å². The number of nitrogens with zero attached hydrogens (tertiary/aromatic N) is 1. The zero-order chi connectivity index (χ0) is 16.8. The number of aliphatic hydroxyl groups is 1. The van der Waals surface area contributed by atoms with Crippen LogP contribution in [0.25, 0.3) is 0 Å². The summed E-state index contributed by atoms with van der Waals surface area (Å²) in [7, 11) is 0. The normalized spacial score (nSPS) is 15.1. The second-order valence-corrected chi connectivity index (χ2v) is 5.12. The van der Waals surface area contributed by atoms with Gasteiger partial charge in [0.05, 0.1) is 6.61 Å². The number of hydrogen-bond acceptors (Lipinski definition) is 4. The van der Waals surface area contributed by atoms with Crippen LogP contribution < -0.4 is 5.32 Å². The van der Waals surface area contributed by atoms with Crippen molar-refractivity contribution in [2.45, 2.75) is 19.8 Å². The first kappa shape index (κ1) is 16.8. The molecule has 3 N–H and O–H groups in total. The average molecular weight is 321 g/mol. The monoisotopic (exact) mass is 321 g/mol. The molecule has 1 heterocycles. The van der Waals surface area contributed by atoms with Crippen molar-refractivity contribution >= 4 is 17.4 Å². The predicted octanol–water partition coefficient (Wildman–Crippen LogP) is 2.64. The third kappa shape index (κ3) is 4.21. The van der Waals surface area contributed by atoms with E-state index >= 15 is 0 Å². The number of halogens is 1. The molecule has 7 heteroatoms. The molecule has 6 nitrogen and oxygen atoms in total. The van der Waals surface area contributed by atoms with Crippen LogP contribution in [0.3, 0.4) is 0 Å². The molecule has 1 aliphatic rings. The molecule has 1 aliphatic heterocycles. The number of carbonyl (C=O) groups excluding carboxylic acids is 1. The number of rotatable bonds is 5. The van der Waals surface area contributed by atoms with Gasteiger partial charge in [-0.15, -0.1) is 0 Å². The summed E-state index contributed by atoms with van der Waals surface area (Å²) >= 11 is 0. The highest BCUT2D eigenvalue weighted by Crippen LogP contribution is 2.17. The minimum Gasteiger partial charge on any atom is -0.480 e. The van der Waals surface area contributed by atoms with Crippen LogP contribution in [0, 0.1) is 11.2 Å². The molecule has 23 heavy (non-hydrogen) atoms. The van der Waals surface area contributed by atoms with Crippen molar-refractivity contribution in [1.82, 2.24) is 4.90 Å². The van der Waals surface area contributed by atoms with Crippen LogP contribution in [0.1, 0.15) is 19.8 Å². The molecule has 1 aromatic carbocycles. The first-order chi connectivity index (χ1) is 11.0. The smallest absolute Gasteiger partial charge is 0.293 e. The number of ether oxygens (including phenoxy) is 1. The van der Waals surface area contributed by atoms with E-state index in [4.69, 9.17) is 10.1 Å². The van der Waals surface area contributed by atoms with Crippen LogP contribution in [0.4, 0.5) is 10.1 Å². The molecular weight excluding hydrogens is 301 g/mol. The second kappa shape index (κ2) is 7.62. The van der Waals surface area contributed by atoms with E-state index in [9.17, 15) is 14.3 Å². The van der Waals surface area contributed by atoms with Crippen molar-refractivity contribution in [2.75, 3.05) is 25.0 Å². The Morgan fingerprint density at radius 1 is 1.35 bits per heavy atom. The Hall–Kier alpha value is -2.57. The van der Waals surface area contributed by atoms with Gasteiger partial charge in [-0.05, 0) is 44.0 Å². The van der Waals surface area contributed by atoms with Gasteiger partial charge in [0.15, 0.2) is 5.57 Å². The highest BCUT2D eigenvalue weighted by Gasteiger charge is 2.27. The molecule has 124 valence electrons. The van der Waals surface area contributed by atoms with Crippen LogP contribution in [0.15, 0.2) is 35.8 Å². The van der Waals surface area contributed by atoms with Crippen molar-refractivity contribution in [3.63, 3.8) is 0 Å². The maximum atomic E-state index is 12.9. The third-order valence-corrected chi connectivity index (χ3v) is 3.48. The van der Waals surface area contributed by atoms with Crippen LogP contribution in [0.5, 0.6) is 0 Å². The number of likely N-dealkylation sites (tertiary alicyclic amines) is 1. The highest BCUT2D eigenvalue weighted by molar-refractivity contribution is 6.23. The van der Waals surface area contributed by atoms with Gasteiger partial charge in [0.25, 0.3) is 11.9 Å². The van der Waals surface area contributed by atoms with Crippen molar-refractivity contribution in [3.8, 4) is 0 Å². The molecule has 1 amide bonds. The minimum atomic E-state index is -0.667. The molecule has 0 atom stereocenters. The van der Waals surface area contributed by atoms with Gasteiger partial charge in [0, 0.05) is 18.8 Å². The van der Waals surface area contributed by atoms with Crippen molar-refractivity contribution < 1.29 is 19.0 Å². The largest absolute Gasteiger partial charge is 0.480 e. The number of benzene rings is 1. The average Bonchev–Trinajstić information content (AvgIpc) is 3.04. The van der Waals surface area contributed by atoms with Crippen LogP contribution in [0.2, 0.25) is 0 Å². The van der Waals surface area contributed by atoms with Crippen LogP contribution in [-0.4, -0.2) is 41.4 Å². The lowest BCUT2D eigenvalue weighted by molar-refractivity contribution is -0.113. The van der Waals surface area contributed by atoms with E-state index in [-0.39, 0.29) is 18.0 Å². The van der Waals surface area contributed by atoms with Crippen molar-refractivity contribution in [3.05, 3.63) is 41.6 Å². The topological polar surface area (TPSA) is 85.7 Å². The Bertz CT molecular complexity index is 608. The Morgan fingerprint density at radius 2 is 1.96 bits per heavy atom. The molecule has 1 saturated heterocycles. The fourth-order valence-corrected chi connectivity index (χ4v) is 2.34. The molecule has 1 aromatic rings. The van der Waals surface area contributed by atoms with E-state index in [0.717, 1.165) is 12.8 Å². The Balaban J connectivity index is 2.22. The molecule has 0 spiro atoms. The molecule has 0 radical (unpaired) electrons. The quantitative estimate of drug-likeness (QED) is 0.337. The van der Waals surface area contributed by atoms with E-state index in [1.165, 1.54) is 24.3 Å². The Kier molecular flexibility index (Phi) is 5.56. The molecule has 0 aliphatic carbocycles. The van der Waals surface area contributed by atoms with Gasteiger partial charge < -0.3 is 20.1 Å². The lowest BCUT2D eigenvalue weighted by Crippen LogP contribution is -2.34. The zero-order valence-corrected chi connectivity index (χ0v) is 12.9. The summed E-state index contributed by atoms with van der Waals surface area (Å²) in [5, 5.41) is 20.7. The summed E-state index contributed by atoms with van der Waals surface area (Å²) in [6.45, 7) is 3.16. The zero-order valence-electron chi connectivity index (χ0n) is 12.9. The lowest BCUT2D eigenvalue weighted by Gasteiger charge is -2.21. The minimum absolute atomic E-state index is 0.0759. The number of nitrogens with one attached hydrogen (secondary N) is 2. The Labute approximate surface area is 134 Å². The molecule has 0 saturated carbocycles. The van der Waals surface area contributed by atoms with Gasteiger partial charge in [-0.2, -0.15) is 0 Å². The molecular formula is C16H20FN3O3. The number of carbonyl (C=O) groups is 1. The maximum absolute atomic E-state index is 12.9. The summed E-state index contributed by atoms with van der Waals surface area (Å²) in [4.78, 5) is 14.2. The summed E-state index contributed by atoms with van der Waals surface area (Å²) in [5.41, 5.74) is 0.144. The van der Waals surface area contributed by atoms with E-state index in [2.05, 4.69) is 5.32 Å². The number of hydrogen-bond donors (Lipinski definition) is 3. The van der Waals surface area contributed by atoms with Gasteiger partial charge in [-0.25, -0.2) is 4.39 Å². The molecule has 0 unspecified atom stereocenters. The SMILES string of the molecule is CCO/C(O)=C(/C(=N)N1CCCC1)C(=O)Nc1ccc(F)cc1. The number of amidine groups is 1. The van der Waals surface area contributed by atoms with Crippen molar-refractivity contribution in [1.29, 1.82) is 5.41 Å². The fourth-order valence-electron chi connectivity index (χ4n) is 2.34. The second-order valence-electron chi connectivity index (χ2n) is 5.12. The first-order valence-electron chi connectivity index (χ1n) is 7.49. The van der Waals surface area contributed by atoms with Gasteiger partial charge in [-0.3, -0.25) is 10.2 Å². The molecule has 0 bridgehead atoms. The van der Waals surface area contributed by atoms with Gasteiger partial charge in [0.2, 0.25) is 0 Å². The number of amides is 1. The molecule has 2 rings (SSSR count). The summed E-state index contributed by atoms with van der Waals surface area (Å²) in [6.07, 6.45) is 1.87. The van der Waals surface area contributed by atoms with E-state index in [1.54, 1.807) is 11.8 Å². The number of aliphatic hydroxyl groups excluding tert-OH is 1. The molecule has 0 aromatic heterocycles. The van der Waals surface area contributed by atoms with Gasteiger partial charge in [0.1, 0.15) is 11.7 Å². The summed E-state index contributed by atoms with van der Waals surface area (Å²) in [5.74, 6) is -1.74. The first-order valence-corrected chi connectivity index (χ1v) is 7.49. The van der Waals surface area contributed by atoms with E-state index < -0.39 is 17.7 Å². The highest BCUT2D eigenvalue weighted by atomic mass is 19.1. The maximum Gasteiger partial charge on any atom is 0.293 e. The van der Waals surface area contributed by atoms with E-state index in [0.29, 0.717) is 18.8 Å². The number of anilines is 1. The van der Waals surface area contributed by atoms with Gasteiger partial charge in [-0.1, -0.05) is 0 Å². The third-order valence-electron chi connectivity index (χ3n) is 3.48. The molecule has 1 fully saturated rings. The summed E-state index contributed by atoms with van der Waals surface area (Å²) < 4.78 is 17.9. The summed E-state index contributed by atoms with van der Waals surface area (Å²) in [6, 6.07) is 5.24. The van der Waals surface area contributed by atoms with Gasteiger partial charge >= 0.3 is 0 Å². The predicted molar refractivity (Wildman–Crippen MR) is 84.8 cm³/mol.